The summed E-state index contributed by atoms with van der Waals surface area (Å²) in [7, 11) is 0. The number of anilines is 2. The second-order valence-corrected chi connectivity index (χ2v) is 4.48. The number of hydrogen-bond donors (Lipinski definition) is 2. The molecule has 2 rings (SSSR count). The Bertz CT molecular complexity index is 587. The summed E-state index contributed by atoms with van der Waals surface area (Å²) >= 11 is 1.09. The van der Waals surface area contributed by atoms with Crippen LogP contribution in [-0.2, 0) is 11.2 Å². The SMILES string of the molecule is Nc1nnc(CC(=O)Nc2ccc(F)c(F)c2)s1. The van der Waals surface area contributed by atoms with E-state index in [0.29, 0.717) is 5.01 Å². The summed E-state index contributed by atoms with van der Waals surface area (Å²) in [6.45, 7) is 0. The minimum absolute atomic E-state index is 0.0200. The molecule has 3 N–H and O–H groups in total. The standard InChI is InChI=1S/C10H8F2N4OS/c11-6-2-1-5(3-7(6)12)14-8(17)4-9-15-16-10(13)18-9/h1-3H,4H2,(H2,13,16)(H,14,17). The first kappa shape index (κ1) is 12.4. The van der Waals surface area contributed by atoms with Crippen molar-refractivity contribution in [1.82, 2.24) is 10.2 Å². The van der Waals surface area contributed by atoms with E-state index in [1.54, 1.807) is 0 Å². The van der Waals surface area contributed by atoms with Gasteiger partial charge in [-0.05, 0) is 12.1 Å². The molecule has 0 atom stereocenters. The molecular formula is C10H8F2N4OS. The number of nitrogens with zero attached hydrogens (tertiary/aromatic N) is 2. The van der Waals surface area contributed by atoms with Crippen LogP contribution in [0.2, 0.25) is 0 Å². The summed E-state index contributed by atoms with van der Waals surface area (Å²) in [5, 5.41) is 10.4. The van der Waals surface area contributed by atoms with E-state index in [0.717, 1.165) is 23.5 Å². The predicted octanol–water partition coefficient (Wildman–Crippen LogP) is 1.58. The Morgan fingerprint density at radius 1 is 1.33 bits per heavy atom. The molecule has 0 fully saturated rings. The van der Waals surface area contributed by atoms with Gasteiger partial charge in [0.1, 0.15) is 5.01 Å². The van der Waals surface area contributed by atoms with Gasteiger partial charge in [0, 0.05) is 11.8 Å². The van der Waals surface area contributed by atoms with Crippen LogP contribution in [0.15, 0.2) is 18.2 Å². The van der Waals surface area contributed by atoms with Gasteiger partial charge in [0.2, 0.25) is 11.0 Å². The van der Waals surface area contributed by atoms with E-state index in [2.05, 4.69) is 15.5 Å². The van der Waals surface area contributed by atoms with E-state index in [1.165, 1.54) is 6.07 Å². The first-order valence-corrected chi connectivity index (χ1v) is 5.69. The molecule has 0 bridgehead atoms. The summed E-state index contributed by atoms with van der Waals surface area (Å²) in [6, 6.07) is 3.11. The molecule has 1 heterocycles. The summed E-state index contributed by atoms with van der Waals surface area (Å²) in [6.07, 6.45) is -0.0200. The number of rotatable bonds is 3. The fourth-order valence-electron chi connectivity index (χ4n) is 1.25. The molecule has 0 spiro atoms. The Morgan fingerprint density at radius 3 is 2.72 bits per heavy atom. The quantitative estimate of drug-likeness (QED) is 0.887. The molecule has 8 heteroatoms. The van der Waals surface area contributed by atoms with Gasteiger partial charge in [0.25, 0.3) is 0 Å². The van der Waals surface area contributed by atoms with Crippen LogP contribution in [0.5, 0.6) is 0 Å². The van der Waals surface area contributed by atoms with E-state index >= 15 is 0 Å². The maximum absolute atomic E-state index is 12.9. The lowest BCUT2D eigenvalue weighted by molar-refractivity contribution is -0.115. The third-order valence-electron chi connectivity index (χ3n) is 2.00. The van der Waals surface area contributed by atoms with Crippen LogP contribution in [0.1, 0.15) is 5.01 Å². The smallest absolute Gasteiger partial charge is 0.231 e. The summed E-state index contributed by atoms with van der Waals surface area (Å²) in [5.74, 6) is -2.39. The molecule has 5 nitrogen and oxygen atoms in total. The molecule has 0 aliphatic heterocycles. The highest BCUT2D eigenvalue weighted by atomic mass is 32.1. The lowest BCUT2D eigenvalue weighted by Crippen LogP contribution is -2.14. The predicted molar refractivity (Wildman–Crippen MR) is 63.0 cm³/mol. The molecule has 0 unspecified atom stereocenters. The lowest BCUT2D eigenvalue weighted by atomic mass is 10.3. The highest BCUT2D eigenvalue weighted by Gasteiger charge is 2.10. The third-order valence-corrected chi connectivity index (χ3v) is 2.75. The van der Waals surface area contributed by atoms with Gasteiger partial charge < -0.3 is 11.1 Å². The molecule has 2 aromatic rings. The molecule has 1 aromatic heterocycles. The molecule has 0 saturated carbocycles. The van der Waals surface area contributed by atoms with Gasteiger partial charge in [-0.25, -0.2) is 8.78 Å². The summed E-state index contributed by atoms with van der Waals surface area (Å²) in [4.78, 5) is 11.6. The van der Waals surface area contributed by atoms with Crippen LogP contribution in [0.3, 0.4) is 0 Å². The zero-order valence-corrected chi connectivity index (χ0v) is 9.80. The van der Waals surface area contributed by atoms with Crippen molar-refractivity contribution >= 4 is 28.1 Å². The Kier molecular flexibility index (Phi) is 3.47. The van der Waals surface area contributed by atoms with Crippen LogP contribution < -0.4 is 11.1 Å². The van der Waals surface area contributed by atoms with Crippen molar-refractivity contribution in [3.63, 3.8) is 0 Å². The van der Waals surface area contributed by atoms with Gasteiger partial charge in [0.05, 0.1) is 6.42 Å². The fraction of sp³-hybridized carbons (Fsp3) is 0.100. The number of carbonyl (C=O) groups excluding carboxylic acids is 1. The van der Waals surface area contributed by atoms with Crippen LogP contribution in [0, 0.1) is 11.6 Å². The highest BCUT2D eigenvalue weighted by Crippen LogP contribution is 2.15. The van der Waals surface area contributed by atoms with Crippen LogP contribution in [0.25, 0.3) is 0 Å². The maximum atomic E-state index is 12.9. The van der Waals surface area contributed by atoms with E-state index < -0.39 is 17.5 Å². The molecule has 94 valence electrons. The van der Waals surface area contributed by atoms with Crippen molar-refractivity contribution in [2.75, 3.05) is 11.1 Å². The molecule has 1 aromatic carbocycles. The third kappa shape index (κ3) is 2.98. The van der Waals surface area contributed by atoms with Gasteiger partial charge in [-0.3, -0.25) is 4.79 Å². The van der Waals surface area contributed by atoms with Crippen molar-refractivity contribution in [3.8, 4) is 0 Å². The average molecular weight is 270 g/mol. The van der Waals surface area contributed by atoms with Crippen LogP contribution >= 0.6 is 11.3 Å². The van der Waals surface area contributed by atoms with Crippen molar-refractivity contribution in [1.29, 1.82) is 0 Å². The second kappa shape index (κ2) is 5.05. The molecule has 18 heavy (non-hydrogen) atoms. The molecule has 0 radical (unpaired) electrons. The number of halogens is 2. The zero-order valence-electron chi connectivity index (χ0n) is 8.98. The fourth-order valence-corrected chi connectivity index (χ4v) is 1.86. The van der Waals surface area contributed by atoms with E-state index in [1.807, 2.05) is 0 Å². The van der Waals surface area contributed by atoms with Crippen LogP contribution in [0.4, 0.5) is 19.6 Å². The first-order chi connectivity index (χ1) is 8.54. The number of hydrogen-bond acceptors (Lipinski definition) is 5. The van der Waals surface area contributed by atoms with Crippen molar-refractivity contribution in [3.05, 3.63) is 34.8 Å². The van der Waals surface area contributed by atoms with Gasteiger partial charge in [-0.1, -0.05) is 11.3 Å². The molecule has 0 saturated heterocycles. The normalized spacial score (nSPS) is 10.3. The van der Waals surface area contributed by atoms with Gasteiger partial charge in [-0.15, -0.1) is 10.2 Å². The molecule has 0 aliphatic carbocycles. The van der Waals surface area contributed by atoms with Gasteiger partial charge in [0.15, 0.2) is 11.6 Å². The highest BCUT2D eigenvalue weighted by molar-refractivity contribution is 7.15. The number of carbonyl (C=O) groups is 1. The zero-order chi connectivity index (χ0) is 13.1. The summed E-state index contributed by atoms with van der Waals surface area (Å²) < 4.78 is 25.6. The van der Waals surface area contributed by atoms with Crippen molar-refractivity contribution < 1.29 is 13.6 Å². The second-order valence-electron chi connectivity index (χ2n) is 3.39. The Hall–Kier alpha value is -2.09. The number of nitrogens with two attached hydrogens (primary N) is 1. The monoisotopic (exact) mass is 270 g/mol. The van der Waals surface area contributed by atoms with Gasteiger partial charge in [-0.2, -0.15) is 0 Å². The number of nitrogens with one attached hydrogen (secondary N) is 1. The van der Waals surface area contributed by atoms with Gasteiger partial charge >= 0.3 is 0 Å². The van der Waals surface area contributed by atoms with E-state index in [9.17, 15) is 13.6 Å². The van der Waals surface area contributed by atoms with Crippen molar-refractivity contribution in [2.24, 2.45) is 0 Å². The number of nitrogen functional groups attached to an aromatic ring is 1. The average Bonchev–Trinajstić information content (AvgIpc) is 2.69. The van der Waals surface area contributed by atoms with Crippen LogP contribution in [-0.4, -0.2) is 16.1 Å². The summed E-state index contributed by atoms with van der Waals surface area (Å²) in [5.41, 5.74) is 5.54. The maximum Gasteiger partial charge on any atom is 0.231 e. The topological polar surface area (TPSA) is 80.9 Å². The number of aromatic nitrogens is 2. The number of benzene rings is 1. The number of amides is 1. The minimum atomic E-state index is -1.02. The minimum Gasteiger partial charge on any atom is -0.374 e. The lowest BCUT2D eigenvalue weighted by Gasteiger charge is -2.03. The van der Waals surface area contributed by atoms with E-state index in [4.69, 9.17) is 5.73 Å². The largest absolute Gasteiger partial charge is 0.374 e. The Balaban J connectivity index is 2.00. The first-order valence-electron chi connectivity index (χ1n) is 4.87. The molecule has 0 aliphatic rings. The Morgan fingerprint density at radius 2 is 2.11 bits per heavy atom. The van der Waals surface area contributed by atoms with E-state index in [-0.39, 0.29) is 17.2 Å². The molecule has 1 amide bonds. The van der Waals surface area contributed by atoms with Crippen molar-refractivity contribution in [2.45, 2.75) is 6.42 Å². The Labute approximate surface area is 105 Å². The molecular weight excluding hydrogens is 262 g/mol.